The van der Waals surface area contributed by atoms with Gasteiger partial charge in [-0.25, -0.2) is 4.39 Å². The van der Waals surface area contributed by atoms with Gasteiger partial charge in [-0.2, -0.15) is 0 Å². The topological polar surface area (TPSA) is 81.3 Å². The number of hydrogen-bond acceptors (Lipinski definition) is 2. The number of aromatic nitrogens is 1. The van der Waals surface area contributed by atoms with Gasteiger partial charge in [0.15, 0.2) is 5.96 Å². The Morgan fingerprint density at radius 2 is 1.83 bits per heavy atom. The van der Waals surface area contributed by atoms with Crippen LogP contribution in [0.5, 0.6) is 0 Å². The van der Waals surface area contributed by atoms with E-state index in [1.54, 1.807) is 18.2 Å². The van der Waals surface area contributed by atoms with Crippen molar-refractivity contribution in [3.63, 3.8) is 0 Å². The highest BCUT2D eigenvalue weighted by molar-refractivity contribution is 14.0. The molecule has 1 heterocycles. The van der Waals surface area contributed by atoms with Crippen molar-refractivity contribution in [2.45, 2.75) is 13.3 Å². The molecule has 8 heteroatoms. The normalized spacial score (nSPS) is 11.1. The minimum absolute atomic E-state index is 0. The minimum Gasteiger partial charge on any atom is -0.361 e. The average Bonchev–Trinajstić information content (AvgIpc) is 3.13. The van der Waals surface area contributed by atoms with E-state index in [0.29, 0.717) is 31.2 Å². The number of H-pyrrole nitrogens is 1. The lowest BCUT2D eigenvalue weighted by Gasteiger charge is -2.12. The number of nitrogens with one attached hydrogen (secondary N) is 4. The summed E-state index contributed by atoms with van der Waals surface area (Å²) >= 11 is 0. The highest BCUT2D eigenvalue weighted by atomic mass is 127. The fraction of sp³-hybridized carbons (Fsp3) is 0.273. The van der Waals surface area contributed by atoms with Crippen molar-refractivity contribution in [1.29, 1.82) is 0 Å². The Morgan fingerprint density at radius 3 is 2.60 bits per heavy atom. The molecular weight excluding hydrogens is 496 g/mol. The molecule has 6 nitrogen and oxygen atoms in total. The predicted molar refractivity (Wildman–Crippen MR) is 130 cm³/mol. The van der Waals surface area contributed by atoms with Crippen LogP contribution in [0.25, 0.3) is 10.9 Å². The average molecular weight is 523 g/mol. The molecule has 0 aliphatic carbocycles. The molecule has 0 spiro atoms. The van der Waals surface area contributed by atoms with Crippen molar-refractivity contribution in [1.82, 2.24) is 20.9 Å². The van der Waals surface area contributed by atoms with Crippen LogP contribution in [0.1, 0.15) is 22.8 Å². The molecule has 1 aromatic heterocycles. The van der Waals surface area contributed by atoms with Crippen molar-refractivity contribution in [3.8, 4) is 0 Å². The van der Waals surface area contributed by atoms with Gasteiger partial charge < -0.3 is 20.9 Å². The van der Waals surface area contributed by atoms with Gasteiger partial charge in [-0.15, -0.1) is 24.0 Å². The lowest BCUT2D eigenvalue weighted by atomic mass is 10.1. The summed E-state index contributed by atoms with van der Waals surface area (Å²) in [4.78, 5) is 19.7. The number of nitrogens with zero attached hydrogens (tertiary/aromatic N) is 1. The highest BCUT2D eigenvalue weighted by Crippen LogP contribution is 2.19. The molecule has 3 rings (SSSR count). The second-order valence-electron chi connectivity index (χ2n) is 6.56. The second kappa shape index (κ2) is 12.2. The van der Waals surface area contributed by atoms with Gasteiger partial charge in [0.05, 0.1) is 0 Å². The van der Waals surface area contributed by atoms with E-state index in [1.807, 2.05) is 31.3 Å². The third-order valence-electron chi connectivity index (χ3n) is 4.46. The maximum atomic E-state index is 13.3. The largest absolute Gasteiger partial charge is 0.361 e. The van der Waals surface area contributed by atoms with Gasteiger partial charge in [-0.05, 0) is 49.2 Å². The summed E-state index contributed by atoms with van der Waals surface area (Å²) < 4.78 is 13.3. The third-order valence-corrected chi connectivity index (χ3v) is 4.46. The van der Waals surface area contributed by atoms with Crippen LogP contribution in [-0.4, -0.2) is 43.0 Å². The molecule has 2 aromatic carbocycles. The molecule has 4 N–H and O–H groups in total. The number of carbonyl (C=O) groups is 1. The number of amides is 1. The van der Waals surface area contributed by atoms with Crippen molar-refractivity contribution in [3.05, 3.63) is 71.7 Å². The molecule has 160 valence electrons. The number of benzene rings is 2. The Kier molecular flexibility index (Phi) is 9.59. The van der Waals surface area contributed by atoms with Crippen molar-refractivity contribution in [2.24, 2.45) is 4.99 Å². The Hall–Kier alpha value is -2.62. The molecule has 0 fully saturated rings. The van der Waals surface area contributed by atoms with E-state index in [1.165, 1.54) is 12.1 Å². The lowest BCUT2D eigenvalue weighted by molar-refractivity contribution is 0.0954. The summed E-state index contributed by atoms with van der Waals surface area (Å²) in [5.41, 5.74) is 2.55. The molecule has 0 saturated heterocycles. The van der Waals surface area contributed by atoms with E-state index in [4.69, 9.17) is 0 Å². The number of guanidine groups is 1. The van der Waals surface area contributed by atoms with Crippen LogP contribution in [-0.2, 0) is 6.42 Å². The lowest BCUT2D eigenvalue weighted by Crippen LogP contribution is -2.41. The van der Waals surface area contributed by atoms with Crippen LogP contribution in [0, 0.1) is 5.82 Å². The zero-order chi connectivity index (χ0) is 20.5. The maximum absolute atomic E-state index is 13.3. The van der Waals surface area contributed by atoms with Gasteiger partial charge in [0.1, 0.15) is 5.82 Å². The van der Waals surface area contributed by atoms with Crippen LogP contribution in [0.3, 0.4) is 0 Å². The molecule has 1 amide bonds. The first-order valence-electron chi connectivity index (χ1n) is 9.78. The first kappa shape index (κ1) is 23.7. The molecule has 0 radical (unpaired) electrons. The molecule has 0 bridgehead atoms. The zero-order valence-electron chi connectivity index (χ0n) is 16.9. The smallest absolute Gasteiger partial charge is 0.251 e. The van der Waals surface area contributed by atoms with E-state index in [-0.39, 0.29) is 35.7 Å². The van der Waals surface area contributed by atoms with E-state index in [0.717, 1.165) is 29.4 Å². The van der Waals surface area contributed by atoms with E-state index < -0.39 is 0 Å². The fourth-order valence-electron chi connectivity index (χ4n) is 3.04. The van der Waals surface area contributed by atoms with Crippen LogP contribution >= 0.6 is 24.0 Å². The molecule has 0 aliphatic rings. The molecular formula is C22H27FIN5O. The monoisotopic (exact) mass is 523 g/mol. The Balaban J connectivity index is 0.00000320. The van der Waals surface area contributed by atoms with Crippen LogP contribution in [0.4, 0.5) is 4.39 Å². The van der Waals surface area contributed by atoms with Crippen LogP contribution in [0.2, 0.25) is 0 Å². The number of rotatable bonds is 8. The predicted octanol–water partition coefficient (Wildman–Crippen LogP) is 3.45. The summed E-state index contributed by atoms with van der Waals surface area (Å²) in [5, 5.41) is 10.3. The van der Waals surface area contributed by atoms with Crippen LogP contribution in [0.15, 0.2) is 59.7 Å². The number of halogens is 2. The number of fused-ring (bicyclic) bond motifs is 1. The van der Waals surface area contributed by atoms with E-state index in [2.05, 4.69) is 25.9 Å². The SMILES string of the molecule is CCNC(=NCCc1c[nH]c2cc(F)ccc12)NCCNC(=O)c1ccccc1.I. The number of aromatic amines is 1. The minimum atomic E-state index is -0.248. The molecule has 0 unspecified atom stereocenters. The van der Waals surface area contributed by atoms with Crippen molar-refractivity contribution in [2.75, 3.05) is 26.2 Å². The number of hydrogen-bond donors (Lipinski definition) is 4. The summed E-state index contributed by atoms with van der Waals surface area (Å²) in [7, 11) is 0. The Morgan fingerprint density at radius 1 is 1.07 bits per heavy atom. The second-order valence-corrected chi connectivity index (χ2v) is 6.56. The summed E-state index contributed by atoms with van der Waals surface area (Å²) in [6, 6.07) is 13.9. The molecule has 30 heavy (non-hydrogen) atoms. The van der Waals surface area contributed by atoms with Crippen molar-refractivity contribution >= 4 is 46.7 Å². The number of carbonyl (C=O) groups excluding carboxylic acids is 1. The van der Waals surface area contributed by atoms with Crippen molar-refractivity contribution < 1.29 is 9.18 Å². The van der Waals surface area contributed by atoms with Gasteiger partial charge in [0.2, 0.25) is 0 Å². The summed E-state index contributed by atoms with van der Waals surface area (Å²) in [6.07, 6.45) is 2.64. The first-order valence-corrected chi connectivity index (χ1v) is 9.78. The zero-order valence-corrected chi connectivity index (χ0v) is 19.2. The van der Waals surface area contributed by atoms with E-state index in [9.17, 15) is 9.18 Å². The Bertz CT molecular complexity index is 974. The fourth-order valence-corrected chi connectivity index (χ4v) is 3.04. The highest BCUT2D eigenvalue weighted by Gasteiger charge is 2.06. The quantitative estimate of drug-likeness (QED) is 0.158. The van der Waals surface area contributed by atoms with Gasteiger partial charge in [-0.1, -0.05) is 18.2 Å². The molecule has 0 atom stereocenters. The molecule has 0 saturated carbocycles. The van der Waals surface area contributed by atoms with Gasteiger partial charge in [0, 0.05) is 48.8 Å². The van der Waals surface area contributed by atoms with Gasteiger partial charge in [-0.3, -0.25) is 9.79 Å². The third kappa shape index (κ3) is 6.72. The van der Waals surface area contributed by atoms with Gasteiger partial charge >= 0.3 is 0 Å². The van der Waals surface area contributed by atoms with Crippen LogP contribution < -0.4 is 16.0 Å². The number of aliphatic imine (C=N–C) groups is 1. The Labute approximate surface area is 192 Å². The first-order chi connectivity index (χ1) is 14.2. The standard InChI is InChI=1S/C22H26FN5O.HI/c1-2-24-22(27-13-12-25-21(29)16-6-4-3-5-7-16)26-11-10-17-15-28-20-14-18(23)8-9-19(17)20;/h3-9,14-15,28H,2,10-13H2,1H3,(H,25,29)(H2,24,26,27);1H. The maximum Gasteiger partial charge on any atom is 0.251 e. The summed E-state index contributed by atoms with van der Waals surface area (Å²) in [6.45, 7) is 4.40. The van der Waals surface area contributed by atoms with Gasteiger partial charge in [0.25, 0.3) is 5.91 Å². The molecule has 0 aliphatic heterocycles. The molecule has 3 aromatic rings. The summed E-state index contributed by atoms with van der Waals surface area (Å²) in [5.74, 6) is 0.361. The van der Waals surface area contributed by atoms with E-state index >= 15 is 0 Å².